The lowest BCUT2D eigenvalue weighted by Gasteiger charge is -2.13. The largest absolute Gasteiger partial charge is 0.480 e. The molecule has 0 amide bonds. The topological polar surface area (TPSA) is 92.7 Å². The number of aliphatic carboxylic acids is 1. The van der Waals surface area contributed by atoms with Crippen LogP contribution in [0.1, 0.15) is 5.56 Å². The highest BCUT2D eigenvalue weighted by molar-refractivity contribution is 7.90. The number of carbonyl (C=O) groups is 1. The van der Waals surface area contributed by atoms with E-state index in [1.807, 2.05) is 0 Å². The zero-order valence-electron chi connectivity index (χ0n) is 10.8. The number of ether oxygens (including phenoxy) is 1. The maximum absolute atomic E-state index is 11.3. The van der Waals surface area contributed by atoms with Crippen LogP contribution in [0, 0.1) is 0 Å². The molecular formula is C12H17NO5S. The lowest BCUT2D eigenvalue weighted by Crippen LogP contribution is -2.39. The Morgan fingerprint density at radius 1 is 1.37 bits per heavy atom. The van der Waals surface area contributed by atoms with Crippen LogP contribution in [0.15, 0.2) is 29.2 Å². The molecule has 6 nitrogen and oxygen atoms in total. The van der Waals surface area contributed by atoms with E-state index >= 15 is 0 Å². The Bertz CT molecular complexity index is 524. The maximum atomic E-state index is 11.3. The quantitative estimate of drug-likeness (QED) is 0.748. The summed E-state index contributed by atoms with van der Waals surface area (Å²) in [5.74, 6) is -0.991. The summed E-state index contributed by atoms with van der Waals surface area (Å²) in [4.78, 5) is 11.1. The highest BCUT2D eigenvalue weighted by Gasteiger charge is 2.16. The van der Waals surface area contributed by atoms with E-state index in [2.05, 4.69) is 5.32 Å². The number of nitrogens with one attached hydrogen (secondary N) is 1. The normalized spacial score (nSPS) is 13.2. The minimum Gasteiger partial charge on any atom is -0.480 e. The van der Waals surface area contributed by atoms with Gasteiger partial charge in [0.25, 0.3) is 0 Å². The molecular weight excluding hydrogens is 270 g/mol. The van der Waals surface area contributed by atoms with Crippen LogP contribution in [0.5, 0.6) is 0 Å². The molecule has 0 spiro atoms. The van der Waals surface area contributed by atoms with Crippen LogP contribution < -0.4 is 5.32 Å². The summed E-state index contributed by atoms with van der Waals surface area (Å²) in [6, 6.07) is 5.50. The third kappa shape index (κ3) is 4.98. The van der Waals surface area contributed by atoms with Gasteiger partial charge in [-0.15, -0.1) is 0 Å². The van der Waals surface area contributed by atoms with Gasteiger partial charge < -0.3 is 9.84 Å². The van der Waals surface area contributed by atoms with Crippen LogP contribution in [-0.4, -0.2) is 45.5 Å². The van der Waals surface area contributed by atoms with E-state index in [1.54, 1.807) is 12.1 Å². The Labute approximate surface area is 112 Å². The summed E-state index contributed by atoms with van der Waals surface area (Å²) in [5.41, 5.74) is 0.801. The van der Waals surface area contributed by atoms with Gasteiger partial charge in [-0.3, -0.25) is 10.1 Å². The first kappa shape index (κ1) is 15.6. The van der Waals surface area contributed by atoms with E-state index in [-0.39, 0.29) is 11.5 Å². The molecule has 0 aromatic heterocycles. The molecule has 19 heavy (non-hydrogen) atoms. The molecule has 0 heterocycles. The van der Waals surface area contributed by atoms with Gasteiger partial charge >= 0.3 is 5.97 Å². The summed E-state index contributed by atoms with van der Waals surface area (Å²) in [7, 11) is -1.78. The lowest BCUT2D eigenvalue weighted by molar-refractivity contribution is -0.140. The summed E-state index contributed by atoms with van der Waals surface area (Å²) < 4.78 is 27.3. The standard InChI is InChI=1S/C12H17NO5S/c1-18-8-11(12(14)15)13-7-9-3-5-10(6-4-9)19(2,16)17/h3-6,11,13H,7-8H2,1-2H3,(H,14,15). The Hall–Kier alpha value is -1.44. The van der Waals surface area contributed by atoms with Crippen LogP contribution in [0.4, 0.5) is 0 Å². The van der Waals surface area contributed by atoms with Gasteiger partial charge in [-0.1, -0.05) is 12.1 Å². The minimum absolute atomic E-state index is 0.0662. The molecule has 7 heteroatoms. The van der Waals surface area contributed by atoms with E-state index in [9.17, 15) is 13.2 Å². The van der Waals surface area contributed by atoms with Gasteiger partial charge in [0, 0.05) is 19.9 Å². The van der Waals surface area contributed by atoms with Gasteiger partial charge in [-0.25, -0.2) is 8.42 Å². The number of hydrogen-bond donors (Lipinski definition) is 2. The molecule has 0 aliphatic carbocycles. The number of carboxylic acids is 1. The van der Waals surface area contributed by atoms with Crippen molar-refractivity contribution in [3.8, 4) is 0 Å². The van der Waals surface area contributed by atoms with E-state index in [4.69, 9.17) is 9.84 Å². The fourth-order valence-corrected chi connectivity index (χ4v) is 2.11. The minimum atomic E-state index is -3.21. The van der Waals surface area contributed by atoms with Crippen molar-refractivity contribution < 1.29 is 23.1 Å². The van der Waals surface area contributed by atoms with Gasteiger partial charge in [-0.05, 0) is 17.7 Å². The monoisotopic (exact) mass is 287 g/mol. The van der Waals surface area contributed by atoms with E-state index in [0.717, 1.165) is 11.8 Å². The molecule has 0 saturated heterocycles. The molecule has 106 valence electrons. The first-order valence-electron chi connectivity index (χ1n) is 5.58. The fraction of sp³-hybridized carbons (Fsp3) is 0.417. The first-order valence-corrected chi connectivity index (χ1v) is 7.48. The molecule has 1 atom stereocenters. The molecule has 0 saturated carbocycles. The van der Waals surface area contributed by atoms with Crippen molar-refractivity contribution in [2.24, 2.45) is 0 Å². The first-order chi connectivity index (χ1) is 8.84. The number of hydrogen-bond acceptors (Lipinski definition) is 5. The SMILES string of the molecule is COCC(NCc1ccc(S(C)(=O)=O)cc1)C(=O)O. The van der Waals surface area contributed by atoms with Crippen LogP contribution in [0.2, 0.25) is 0 Å². The molecule has 0 aliphatic rings. The number of methoxy groups -OCH3 is 1. The predicted molar refractivity (Wildman–Crippen MR) is 69.7 cm³/mol. The number of carboxylic acid groups (broad SMARTS) is 1. The highest BCUT2D eigenvalue weighted by Crippen LogP contribution is 2.10. The summed E-state index contributed by atoms with van der Waals surface area (Å²) in [6.07, 6.45) is 1.14. The van der Waals surface area contributed by atoms with Crippen LogP contribution >= 0.6 is 0 Å². The molecule has 2 N–H and O–H groups in total. The molecule has 1 rings (SSSR count). The van der Waals surface area contributed by atoms with Crippen molar-refractivity contribution in [3.05, 3.63) is 29.8 Å². The van der Waals surface area contributed by atoms with Crippen molar-refractivity contribution in [3.63, 3.8) is 0 Å². The Morgan fingerprint density at radius 2 is 1.95 bits per heavy atom. The molecule has 1 aromatic rings. The van der Waals surface area contributed by atoms with Gasteiger partial charge in [0.1, 0.15) is 6.04 Å². The number of rotatable bonds is 7. The Morgan fingerprint density at radius 3 is 2.37 bits per heavy atom. The Balaban J connectivity index is 2.66. The summed E-state index contributed by atoms with van der Waals surface area (Å²) >= 11 is 0. The zero-order chi connectivity index (χ0) is 14.5. The van der Waals surface area contributed by atoms with E-state index < -0.39 is 21.8 Å². The maximum Gasteiger partial charge on any atom is 0.323 e. The highest BCUT2D eigenvalue weighted by atomic mass is 32.2. The summed E-state index contributed by atoms with van der Waals surface area (Å²) in [6.45, 7) is 0.390. The van der Waals surface area contributed by atoms with Gasteiger partial charge in [0.2, 0.25) is 0 Å². The molecule has 0 radical (unpaired) electrons. The lowest BCUT2D eigenvalue weighted by atomic mass is 10.2. The molecule has 0 aliphatic heterocycles. The number of sulfone groups is 1. The van der Waals surface area contributed by atoms with Crippen LogP contribution in [0.25, 0.3) is 0 Å². The predicted octanol–water partition coefficient (Wildman–Crippen LogP) is 0.279. The average Bonchev–Trinajstić information content (AvgIpc) is 2.33. The number of benzene rings is 1. The smallest absolute Gasteiger partial charge is 0.323 e. The van der Waals surface area contributed by atoms with Gasteiger partial charge in [0.05, 0.1) is 11.5 Å². The van der Waals surface area contributed by atoms with Crippen molar-refractivity contribution in [1.82, 2.24) is 5.32 Å². The van der Waals surface area contributed by atoms with Crippen LogP contribution in [0.3, 0.4) is 0 Å². The van der Waals surface area contributed by atoms with Crippen molar-refractivity contribution in [2.75, 3.05) is 20.0 Å². The molecule has 1 aromatic carbocycles. The van der Waals surface area contributed by atoms with Gasteiger partial charge in [-0.2, -0.15) is 0 Å². The third-order valence-electron chi connectivity index (χ3n) is 2.54. The third-order valence-corrected chi connectivity index (χ3v) is 3.66. The fourth-order valence-electron chi connectivity index (χ4n) is 1.48. The summed E-state index contributed by atoms with van der Waals surface area (Å²) in [5, 5.41) is 11.7. The second kappa shape index (κ2) is 6.65. The van der Waals surface area contributed by atoms with Crippen molar-refractivity contribution >= 4 is 15.8 Å². The average molecular weight is 287 g/mol. The van der Waals surface area contributed by atoms with Gasteiger partial charge in [0.15, 0.2) is 9.84 Å². The Kier molecular flexibility index (Phi) is 5.46. The van der Waals surface area contributed by atoms with Crippen molar-refractivity contribution in [2.45, 2.75) is 17.5 Å². The molecule has 1 unspecified atom stereocenters. The van der Waals surface area contributed by atoms with E-state index in [0.29, 0.717) is 6.54 Å². The second-order valence-corrected chi connectivity index (χ2v) is 6.16. The van der Waals surface area contributed by atoms with Crippen LogP contribution in [-0.2, 0) is 25.9 Å². The van der Waals surface area contributed by atoms with Crippen molar-refractivity contribution in [1.29, 1.82) is 0 Å². The van der Waals surface area contributed by atoms with E-state index in [1.165, 1.54) is 19.2 Å². The molecule has 0 bridgehead atoms. The molecule has 0 fully saturated rings. The second-order valence-electron chi connectivity index (χ2n) is 4.14. The zero-order valence-corrected chi connectivity index (χ0v) is 11.6.